The first kappa shape index (κ1) is 17.9. The number of hydrogen-bond donors (Lipinski definition) is 1. The number of ether oxygens (including phenoxy) is 3. The molecule has 7 heteroatoms. The number of benzene rings is 2. The summed E-state index contributed by atoms with van der Waals surface area (Å²) in [6.45, 7) is 2.58. The Hall–Kier alpha value is -2.47. The van der Waals surface area contributed by atoms with Gasteiger partial charge < -0.3 is 19.5 Å². The van der Waals surface area contributed by atoms with Crippen LogP contribution in [0.5, 0.6) is 17.2 Å². The second-order valence-electron chi connectivity index (χ2n) is 4.64. The Kier molecular flexibility index (Phi) is 6.69. The van der Waals surface area contributed by atoms with Crippen LogP contribution in [0.25, 0.3) is 0 Å². The normalized spacial score (nSPS) is 10.1. The topological polar surface area (TPSA) is 56.8 Å². The second-order valence-corrected chi connectivity index (χ2v) is 5.05. The minimum absolute atomic E-state index is 0.247. The van der Waals surface area contributed by atoms with Gasteiger partial charge in [-0.05, 0) is 43.3 Å². The zero-order chi connectivity index (χ0) is 17.4. The maximum atomic E-state index is 12.9. The third-order valence-electron chi connectivity index (χ3n) is 2.86. The Morgan fingerprint density at radius 3 is 2.54 bits per heavy atom. The van der Waals surface area contributed by atoms with E-state index >= 15 is 0 Å². The van der Waals surface area contributed by atoms with Crippen molar-refractivity contribution in [3.05, 3.63) is 53.3 Å². The van der Waals surface area contributed by atoms with E-state index in [1.54, 1.807) is 25.1 Å². The van der Waals surface area contributed by atoms with Crippen LogP contribution in [0.4, 0.5) is 9.18 Å². The van der Waals surface area contributed by atoms with Crippen LogP contribution in [0.3, 0.4) is 0 Å². The molecular weight excluding hydrogens is 337 g/mol. The number of rotatable bonds is 7. The molecule has 0 bridgehead atoms. The van der Waals surface area contributed by atoms with E-state index in [4.69, 9.17) is 25.8 Å². The van der Waals surface area contributed by atoms with Crippen LogP contribution in [0.1, 0.15) is 6.92 Å². The predicted molar refractivity (Wildman–Crippen MR) is 88.4 cm³/mol. The fraction of sp³-hybridized carbons (Fsp3) is 0.235. The van der Waals surface area contributed by atoms with E-state index in [0.717, 1.165) is 0 Å². The average molecular weight is 354 g/mol. The molecule has 0 aromatic heterocycles. The largest absolute Gasteiger partial charge is 0.490 e. The van der Waals surface area contributed by atoms with Crippen LogP contribution in [0, 0.1) is 5.82 Å². The summed E-state index contributed by atoms with van der Waals surface area (Å²) in [4.78, 5) is 11.1. The van der Waals surface area contributed by atoms with Crippen LogP contribution >= 0.6 is 11.6 Å². The van der Waals surface area contributed by atoms with E-state index in [0.29, 0.717) is 35.4 Å². The number of carbonyl (C=O) groups excluding carboxylic acids is 1. The SMILES string of the molecule is CCOC(=O)NCCOc1ccc(Oc2ccc(F)cc2)cc1Cl. The van der Waals surface area contributed by atoms with E-state index in [1.807, 2.05) is 0 Å². The molecule has 0 aliphatic heterocycles. The molecule has 2 aromatic carbocycles. The summed E-state index contributed by atoms with van der Waals surface area (Å²) in [5.41, 5.74) is 0. The van der Waals surface area contributed by atoms with Crippen molar-refractivity contribution in [1.82, 2.24) is 5.32 Å². The third kappa shape index (κ3) is 5.62. The fourth-order valence-corrected chi connectivity index (χ4v) is 2.02. The van der Waals surface area contributed by atoms with E-state index in [-0.39, 0.29) is 12.4 Å². The van der Waals surface area contributed by atoms with Crippen LogP contribution in [0.2, 0.25) is 5.02 Å². The summed E-state index contributed by atoms with van der Waals surface area (Å²) in [6.07, 6.45) is -0.491. The second kappa shape index (κ2) is 8.98. The number of halogens is 2. The van der Waals surface area contributed by atoms with Gasteiger partial charge in [0.15, 0.2) is 0 Å². The molecule has 0 saturated heterocycles. The van der Waals surface area contributed by atoms with Crippen LogP contribution in [-0.4, -0.2) is 25.9 Å². The van der Waals surface area contributed by atoms with Gasteiger partial charge >= 0.3 is 6.09 Å². The number of nitrogens with one attached hydrogen (secondary N) is 1. The van der Waals surface area contributed by atoms with Crippen molar-refractivity contribution in [1.29, 1.82) is 0 Å². The molecule has 0 fully saturated rings. The van der Waals surface area contributed by atoms with Crippen molar-refractivity contribution < 1.29 is 23.4 Å². The molecule has 5 nitrogen and oxygen atoms in total. The Morgan fingerprint density at radius 2 is 1.88 bits per heavy atom. The van der Waals surface area contributed by atoms with Crippen molar-refractivity contribution in [2.75, 3.05) is 19.8 Å². The highest BCUT2D eigenvalue weighted by Gasteiger charge is 2.06. The van der Waals surface area contributed by atoms with Gasteiger partial charge in [0.25, 0.3) is 0 Å². The van der Waals surface area contributed by atoms with Gasteiger partial charge in [-0.3, -0.25) is 0 Å². The molecule has 2 aromatic rings. The monoisotopic (exact) mass is 353 g/mol. The van der Waals surface area contributed by atoms with Gasteiger partial charge in [-0.1, -0.05) is 11.6 Å². The maximum absolute atomic E-state index is 12.9. The highest BCUT2D eigenvalue weighted by Crippen LogP contribution is 2.31. The molecule has 0 spiro atoms. The minimum atomic E-state index is -0.491. The quantitative estimate of drug-likeness (QED) is 0.750. The molecule has 0 atom stereocenters. The lowest BCUT2D eigenvalue weighted by Crippen LogP contribution is -2.28. The molecule has 0 unspecified atom stereocenters. The first-order chi connectivity index (χ1) is 11.6. The van der Waals surface area contributed by atoms with Crippen molar-refractivity contribution in [2.45, 2.75) is 6.92 Å². The molecule has 128 valence electrons. The highest BCUT2D eigenvalue weighted by atomic mass is 35.5. The van der Waals surface area contributed by atoms with Gasteiger partial charge in [0.1, 0.15) is 29.7 Å². The lowest BCUT2D eigenvalue weighted by molar-refractivity contribution is 0.150. The van der Waals surface area contributed by atoms with Gasteiger partial charge in [-0.25, -0.2) is 9.18 Å². The smallest absolute Gasteiger partial charge is 0.407 e. The zero-order valence-electron chi connectivity index (χ0n) is 13.1. The first-order valence-corrected chi connectivity index (χ1v) is 7.72. The summed E-state index contributed by atoms with van der Waals surface area (Å²) < 4.78 is 28.6. The predicted octanol–water partition coefficient (Wildman–Crippen LogP) is 4.40. The number of carbonyl (C=O) groups is 1. The summed E-state index contributed by atoms with van der Waals surface area (Å²) in [6, 6.07) is 10.6. The van der Waals surface area contributed by atoms with Gasteiger partial charge in [-0.2, -0.15) is 0 Å². The van der Waals surface area contributed by atoms with Crippen molar-refractivity contribution in [3.8, 4) is 17.2 Å². The van der Waals surface area contributed by atoms with E-state index in [9.17, 15) is 9.18 Å². The van der Waals surface area contributed by atoms with Crippen LogP contribution in [0.15, 0.2) is 42.5 Å². The van der Waals surface area contributed by atoms with Crippen LogP contribution in [-0.2, 0) is 4.74 Å². The lowest BCUT2D eigenvalue weighted by atomic mass is 10.3. The Labute approximate surface area is 144 Å². The minimum Gasteiger partial charge on any atom is -0.490 e. The lowest BCUT2D eigenvalue weighted by Gasteiger charge is -2.11. The van der Waals surface area contributed by atoms with Crippen molar-refractivity contribution >= 4 is 17.7 Å². The average Bonchev–Trinajstić information content (AvgIpc) is 2.56. The maximum Gasteiger partial charge on any atom is 0.407 e. The van der Waals surface area contributed by atoms with Crippen LogP contribution < -0.4 is 14.8 Å². The highest BCUT2D eigenvalue weighted by molar-refractivity contribution is 6.32. The summed E-state index contributed by atoms with van der Waals surface area (Å²) >= 11 is 6.14. The van der Waals surface area contributed by atoms with E-state index in [1.165, 1.54) is 24.3 Å². The summed E-state index contributed by atoms with van der Waals surface area (Å²) in [5, 5.41) is 2.90. The molecular formula is C17H17ClFNO4. The van der Waals surface area contributed by atoms with Crippen molar-refractivity contribution in [2.24, 2.45) is 0 Å². The third-order valence-corrected chi connectivity index (χ3v) is 3.15. The summed E-state index contributed by atoms with van der Waals surface area (Å²) in [7, 11) is 0. The number of hydrogen-bond acceptors (Lipinski definition) is 4. The van der Waals surface area contributed by atoms with Crippen molar-refractivity contribution in [3.63, 3.8) is 0 Å². The number of alkyl carbamates (subject to hydrolysis) is 1. The molecule has 1 amide bonds. The number of amides is 1. The molecule has 2 rings (SSSR count). The zero-order valence-corrected chi connectivity index (χ0v) is 13.8. The van der Waals surface area contributed by atoms with E-state index < -0.39 is 6.09 Å². The summed E-state index contributed by atoms with van der Waals surface area (Å²) in [5.74, 6) is 1.14. The first-order valence-electron chi connectivity index (χ1n) is 7.35. The van der Waals surface area contributed by atoms with E-state index in [2.05, 4.69) is 5.32 Å². The molecule has 24 heavy (non-hydrogen) atoms. The molecule has 0 radical (unpaired) electrons. The standard InChI is InChI=1S/C17H17ClFNO4/c1-2-22-17(21)20-9-10-23-16-8-7-14(11-15(16)18)24-13-5-3-12(19)4-6-13/h3-8,11H,2,9-10H2,1H3,(H,20,21). The van der Waals surface area contributed by atoms with Gasteiger partial charge in [0.2, 0.25) is 0 Å². The molecule has 0 heterocycles. The van der Waals surface area contributed by atoms with Gasteiger partial charge in [-0.15, -0.1) is 0 Å². The Balaban J connectivity index is 1.85. The Bertz CT molecular complexity index is 679. The molecule has 1 N–H and O–H groups in total. The molecule has 0 aliphatic rings. The molecule has 0 saturated carbocycles. The van der Waals surface area contributed by atoms with Gasteiger partial charge in [0.05, 0.1) is 18.2 Å². The van der Waals surface area contributed by atoms with Gasteiger partial charge in [0, 0.05) is 6.07 Å². The fourth-order valence-electron chi connectivity index (χ4n) is 1.80. The molecule has 0 aliphatic carbocycles. The Morgan fingerprint density at radius 1 is 1.17 bits per heavy atom.